The van der Waals surface area contributed by atoms with Gasteiger partial charge in [-0.2, -0.15) is 0 Å². The van der Waals surface area contributed by atoms with Crippen LogP contribution in [0.25, 0.3) is 0 Å². The minimum Gasteiger partial charge on any atom is -0.427 e. The number of esters is 1. The number of ether oxygens (including phenoxy) is 1. The molecular formula is C25H24N4O8. The van der Waals surface area contributed by atoms with Crippen LogP contribution in [0.4, 0.5) is 5.69 Å². The second-order valence-corrected chi connectivity index (χ2v) is 8.84. The molecule has 12 heteroatoms. The van der Waals surface area contributed by atoms with E-state index in [2.05, 4.69) is 5.32 Å². The summed E-state index contributed by atoms with van der Waals surface area (Å²) >= 11 is 0. The van der Waals surface area contributed by atoms with Gasteiger partial charge in [0.2, 0.25) is 5.91 Å². The summed E-state index contributed by atoms with van der Waals surface area (Å²) < 4.78 is 5.00. The molecule has 0 bridgehead atoms. The lowest BCUT2D eigenvalue weighted by molar-refractivity contribution is -0.384. The number of nitro benzene ring substituents is 1. The molecule has 1 N–H and O–H groups in total. The number of nitrogens with zero attached hydrogens (tertiary/aromatic N) is 3. The minimum absolute atomic E-state index is 0.0382. The molecule has 0 unspecified atom stereocenters. The number of fused-ring (bicyclic) bond motifs is 1. The Bertz CT molecular complexity index is 1300. The Morgan fingerprint density at radius 1 is 1.05 bits per heavy atom. The first-order valence-corrected chi connectivity index (χ1v) is 11.6. The molecule has 0 aliphatic carbocycles. The van der Waals surface area contributed by atoms with Gasteiger partial charge in [-0.1, -0.05) is 6.07 Å². The standard InChI is InChI=1S/C25H24N4O8/c1-15(30)37-19-4-2-3-17(11-19)23(32)26-13-16-7-9-27(10-8-16)22(31)14-28-24(33)20-6-5-18(29(35)36)12-21(20)25(28)34/h2-6,11-12,16H,7-10,13-14H2,1H3,(H,26,32). The number of carbonyl (C=O) groups is 5. The molecular weight excluding hydrogens is 484 g/mol. The summed E-state index contributed by atoms with van der Waals surface area (Å²) in [6.07, 6.45) is 1.24. The number of likely N-dealkylation sites (tertiary alicyclic amines) is 1. The lowest BCUT2D eigenvalue weighted by atomic mass is 9.96. The van der Waals surface area contributed by atoms with E-state index in [0.29, 0.717) is 38.0 Å². The molecule has 4 rings (SSSR count). The Balaban J connectivity index is 1.26. The lowest BCUT2D eigenvalue weighted by Gasteiger charge is -2.32. The molecule has 1 fully saturated rings. The Morgan fingerprint density at radius 2 is 1.76 bits per heavy atom. The molecule has 4 amide bonds. The third kappa shape index (κ3) is 5.63. The molecule has 0 atom stereocenters. The minimum atomic E-state index is -0.729. The molecule has 1 saturated heterocycles. The Labute approximate surface area is 211 Å². The van der Waals surface area contributed by atoms with Gasteiger partial charge in [0, 0.05) is 44.3 Å². The van der Waals surface area contributed by atoms with Crippen LogP contribution < -0.4 is 10.1 Å². The molecule has 2 aromatic rings. The Kier molecular flexibility index (Phi) is 7.27. The fraction of sp³-hybridized carbons (Fsp3) is 0.320. The Hall–Kier alpha value is -4.61. The van der Waals surface area contributed by atoms with Gasteiger partial charge in [0.15, 0.2) is 0 Å². The van der Waals surface area contributed by atoms with E-state index in [0.717, 1.165) is 17.0 Å². The number of nitrogens with one attached hydrogen (secondary N) is 1. The van der Waals surface area contributed by atoms with Crippen LogP contribution in [-0.4, -0.2) is 70.5 Å². The van der Waals surface area contributed by atoms with Gasteiger partial charge in [-0.05, 0) is 43.0 Å². The number of imide groups is 1. The van der Waals surface area contributed by atoms with E-state index in [1.807, 2.05) is 0 Å². The number of carbonyl (C=O) groups excluding carboxylic acids is 5. The van der Waals surface area contributed by atoms with Gasteiger partial charge >= 0.3 is 5.97 Å². The number of nitro groups is 1. The molecule has 12 nitrogen and oxygen atoms in total. The third-order valence-corrected chi connectivity index (χ3v) is 6.33. The van der Waals surface area contributed by atoms with Crippen LogP contribution in [0.5, 0.6) is 5.75 Å². The van der Waals surface area contributed by atoms with Crippen LogP contribution >= 0.6 is 0 Å². The number of benzene rings is 2. The first-order chi connectivity index (χ1) is 17.6. The van der Waals surface area contributed by atoms with Gasteiger partial charge in [0.05, 0.1) is 16.1 Å². The van der Waals surface area contributed by atoms with Crippen LogP contribution in [-0.2, 0) is 9.59 Å². The summed E-state index contributed by atoms with van der Waals surface area (Å²) in [4.78, 5) is 74.3. The lowest BCUT2D eigenvalue weighted by Crippen LogP contribution is -2.46. The number of hydrogen-bond acceptors (Lipinski definition) is 8. The molecule has 37 heavy (non-hydrogen) atoms. The molecule has 2 heterocycles. The van der Waals surface area contributed by atoms with E-state index in [9.17, 15) is 34.1 Å². The number of amides is 4. The van der Waals surface area contributed by atoms with Crippen molar-refractivity contribution in [2.45, 2.75) is 19.8 Å². The Morgan fingerprint density at radius 3 is 2.43 bits per heavy atom. The maximum atomic E-state index is 12.8. The van der Waals surface area contributed by atoms with Gasteiger partial charge in [-0.15, -0.1) is 0 Å². The van der Waals surface area contributed by atoms with Crippen molar-refractivity contribution in [3.63, 3.8) is 0 Å². The van der Waals surface area contributed by atoms with Crippen LogP contribution in [0.2, 0.25) is 0 Å². The largest absolute Gasteiger partial charge is 0.427 e. The van der Waals surface area contributed by atoms with Crippen LogP contribution in [0.3, 0.4) is 0 Å². The highest BCUT2D eigenvalue weighted by atomic mass is 16.6. The van der Waals surface area contributed by atoms with E-state index < -0.39 is 35.2 Å². The summed E-state index contributed by atoms with van der Waals surface area (Å²) in [6, 6.07) is 9.71. The molecule has 0 spiro atoms. The molecule has 2 aliphatic heterocycles. The zero-order valence-electron chi connectivity index (χ0n) is 20.0. The van der Waals surface area contributed by atoms with Crippen molar-refractivity contribution < 1.29 is 33.6 Å². The first kappa shape index (κ1) is 25.5. The van der Waals surface area contributed by atoms with Crippen LogP contribution in [0.15, 0.2) is 42.5 Å². The topological polar surface area (TPSA) is 156 Å². The maximum Gasteiger partial charge on any atom is 0.308 e. The predicted octanol–water partition coefficient (Wildman–Crippen LogP) is 1.78. The first-order valence-electron chi connectivity index (χ1n) is 11.6. The quantitative estimate of drug-likeness (QED) is 0.195. The summed E-state index contributed by atoms with van der Waals surface area (Å²) in [5, 5.41) is 13.8. The van der Waals surface area contributed by atoms with E-state index >= 15 is 0 Å². The normalized spacial score (nSPS) is 15.4. The predicted molar refractivity (Wildman–Crippen MR) is 128 cm³/mol. The van der Waals surface area contributed by atoms with Gasteiger partial charge in [-0.3, -0.25) is 39.0 Å². The van der Waals surface area contributed by atoms with Crippen molar-refractivity contribution >= 4 is 35.3 Å². The van der Waals surface area contributed by atoms with Crippen molar-refractivity contribution in [3.8, 4) is 5.75 Å². The van der Waals surface area contributed by atoms with Crippen molar-refractivity contribution in [3.05, 3.63) is 69.3 Å². The van der Waals surface area contributed by atoms with Crippen LogP contribution in [0, 0.1) is 16.0 Å². The molecule has 0 saturated carbocycles. The SMILES string of the molecule is CC(=O)Oc1cccc(C(=O)NCC2CCN(C(=O)CN3C(=O)c4ccc([N+](=O)[O-])cc4C3=O)CC2)c1. The number of hydrogen-bond donors (Lipinski definition) is 1. The van der Waals surface area contributed by atoms with Crippen molar-refractivity contribution in [1.29, 1.82) is 0 Å². The fourth-order valence-electron chi connectivity index (χ4n) is 4.36. The smallest absolute Gasteiger partial charge is 0.308 e. The molecule has 2 aromatic carbocycles. The van der Waals surface area contributed by atoms with E-state index in [1.165, 1.54) is 19.1 Å². The second-order valence-electron chi connectivity index (χ2n) is 8.84. The van der Waals surface area contributed by atoms with Crippen molar-refractivity contribution in [2.75, 3.05) is 26.2 Å². The highest BCUT2D eigenvalue weighted by Gasteiger charge is 2.38. The third-order valence-electron chi connectivity index (χ3n) is 6.33. The second kappa shape index (κ2) is 10.6. The van der Waals surface area contributed by atoms with E-state index in [-0.39, 0.29) is 34.4 Å². The van der Waals surface area contributed by atoms with E-state index in [4.69, 9.17) is 4.74 Å². The zero-order valence-corrected chi connectivity index (χ0v) is 20.0. The van der Waals surface area contributed by atoms with Crippen molar-refractivity contribution in [1.82, 2.24) is 15.1 Å². The summed E-state index contributed by atoms with van der Waals surface area (Å²) in [7, 11) is 0. The molecule has 0 aromatic heterocycles. The number of non-ortho nitro benzene ring substituents is 1. The molecule has 0 radical (unpaired) electrons. The summed E-state index contributed by atoms with van der Waals surface area (Å²) in [5.41, 5.74) is 0.00747. The van der Waals surface area contributed by atoms with E-state index in [1.54, 1.807) is 23.1 Å². The summed E-state index contributed by atoms with van der Waals surface area (Å²) in [5.74, 6) is -2.16. The van der Waals surface area contributed by atoms with Gasteiger partial charge < -0.3 is 15.0 Å². The maximum absolute atomic E-state index is 12.8. The molecule has 2 aliphatic rings. The zero-order chi connectivity index (χ0) is 26.7. The van der Waals surface area contributed by atoms with Gasteiger partial charge in [-0.25, -0.2) is 0 Å². The van der Waals surface area contributed by atoms with Crippen LogP contribution in [0.1, 0.15) is 50.8 Å². The highest BCUT2D eigenvalue weighted by Crippen LogP contribution is 2.27. The monoisotopic (exact) mass is 508 g/mol. The average Bonchev–Trinajstić information content (AvgIpc) is 3.11. The number of piperidine rings is 1. The highest BCUT2D eigenvalue weighted by molar-refractivity contribution is 6.22. The van der Waals surface area contributed by atoms with Gasteiger partial charge in [0.25, 0.3) is 23.4 Å². The average molecular weight is 508 g/mol. The van der Waals surface area contributed by atoms with Gasteiger partial charge in [0.1, 0.15) is 12.3 Å². The number of rotatable bonds is 7. The fourth-order valence-corrected chi connectivity index (χ4v) is 4.36. The summed E-state index contributed by atoms with van der Waals surface area (Å²) in [6.45, 7) is 2.03. The van der Waals surface area contributed by atoms with Crippen molar-refractivity contribution in [2.24, 2.45) is 5.92 Å². The molecule has 192 valence electrons.